The summed E-state index contributed by atoms with van der Waals surface area (Å²) in [6, 6.07) is 23.9. The molecule has 0 aliphatic carbocycles. The number of carbonyl (C=O) groups is 1. The minimum atomic E-state index is -0.367. The normalized spacial score (nSPS) is 11.9. The number of para-hydroxylation sites is 1. The number of thioether (sulfide) groups is 1. The van der Waals surface area contributed by atoms with Crippen molar-refractivity contribution in [1.82, 2.24) is 9.97 Å². The van der Waals surface area contributed by atoms with Crippen molar-refractivity contribution in [1.29, 1.82) is 0 Å². The van der Waals surface area contributed by atoms with Gasteiger partial charge in [-0.2, -0.15) is 0 Å². The van der Waals surface area contributed by atoms with E-state index in [0.717, 1.165) is 22.5 Å². The van der Waals surface area contributed by atoms with Gasteiger partial charge >= 0.3 is 0 Å². The van der Waals surface area contributed by atoms with Crippen LogP contribution in [-0.4, -0.2) is 21.1 Å². The highest BCUT2D eigenvalue weighted by atomic mass is 35.5. The first kappa shape index (κ1) is 22.2. The lowest BCUT2D eigenvalue weighted by molar-refractivity contribution is -0.115. The second-order valence-electron chi connectivity index (χ2n) is 7.73. The highest BCUT2D eigenvalue weighted by Gasteiger charge is 2.20. The molecule has 0 bridgehead atoms. The number of aromatic amines is 1. The molecule has 0 saturated heterocycles. The summed E-state index contributed by atoms with van der Waals surface area (Å²) in [5, 5.41) is 3.73. The highest BCUT2D eigenvalue weighted by Crippen LogP contribution is 2.34. The van der Waals surface area contributed by atoms with Gasteiger partial charge in [-0.3, -0.25) is 4.79 Å². The maximum Gasteiger partial charge on any atom is 0.237 e. The first-order valence-corrected chi connectivity index (χ1v) is 11.6. The van der Waals surface area contributed by atoms with E-state index in [1.165, 1.54) is 22.9 Å². The number of aryl methyl sites for hydroxylation is 2. The summed E-state index contributed by atoms with van der Waals surface area (Å²) in [6.07, 6.45) is 0. The van der Waals surface area contributed by atoms with Crippen LogP contribution in [0, 0.1) is 13.8 Å². The van der Waals surface area contributed by atoms with E-state index >= 15 is 0 Å². The number of halogens is 1. The Morgan fingerprint density at radius 1 is 0.938 bits per heavy atom. The van der Waals surface area contributed by atoms with E-state index in [0.29, 0.717) is 15.9 Å². The second kappa shape index (κ2) is 9.63. The van der Waals surface area contributed by atoms with Crippen LogP contribution in [-0.2, 0) is 4.79 Å². The van der Waals surface area contributed by atoms with Gasteiger partial charge in [0.1, 0.15) is 0 Å². The van der Waals surface area contributed by atoms with Crippen molar-refractivity contribution in [3.05, 3.63) is 88.9 Å². The number of rotatable bonds is 6. The van der Waals surface area contributed by atoms with Crippen molar-refractivity contribution in [2.24, 2.45) is 0 Å². The number of benzene rings is 3. The third kappa shape index (κ3) is 5.06. The Morgan fingerprint density at radius 2 is 1.53 bits per heavy atom. The van der Waals surface area contributed by atoms with E-state index in [4.69, 9.17) is 16.6 Å². The van der Waals surface area contributed by atoms with Crippen LogP contribution in [0.2, 0.25) is 5.02 Å². The van der Waals surface area contributed by atoms with E-state index < -0.39 is 0 Å². The Labute approximate surface area is 197 Å². The highest BCUT2D eigenvalue weighted by molar-refractivity contribution is 8.00. The van der Waals surface area contributed by atoms with Gasteiger partial charge < -0.3 is 10.3 Å². The average Bonchev–Trinajstić information content (AvgIpc) is 3.20. The predicted octanol–water partition coefficient (Wildman–Crippen LogP) is 7.13. The molecule has 1 unspecified atom stereocenters. The SMILES string of the molecule is Cc1ccc(-c2nc(SC(C)C(=O)Nc3ccccc3Cl)[nH]c2-c2ccc(C)cc2)cc1. The first-order chi connectivity index (χ1) is 15.4. The zero-order valence-corrected chi connectivity index (χ0v) is 19.7. The van der Waals surface area contributed by atoms with Crippen molar-refractivity contribution in [3.63, 3.8) is 0 Å². The smallest absolute Gasteiger partial charge is 0.237 e. The fourth-order valence-corrected chi connectivity index (χ4v) is 4.26. The lowest BCUT2D eigenvalue weighted by Crippen LogP contribution is -2.22. The summed E-state index contributed by atoms with van der Waals surface area (Å²) in [7, 11) is 0. The van der Waals surface area contributed by atoms with Crippen LogP contribution in [0.4, 0.5) is 5.69 Å². The van der Waals surface area contributed by atoms with Crippen molar-refractivity contribution >= 4 is 35.0 Å². The summed E-state index contributed by atoms with van der Waals surface area (Å²) >= 11 is 7.56. The zero-order valence-electron chi connectivity index (χ0n) is 18.1. The Kier molecular flexibility index (Phi) is 6.68. The van der Waals surface area contributed by atoms with Crippen molar-refractivity contribution in [2.75, 3.05) is 5.32 Å². The molecule has 1 heterocycles. The van der Waals surface area contributed by atoms with Crippen LogP contribution in [0.5, 0.6) is 0 Å². The molecule has 2 N–H and O–H groups in total. The molecule has 0 radical (unpaired) electrons. The molecule has 3 aromatic carbocycles. The van der Waals surface area contributed by atoms with E-state index in [-0.39, 0.29) is 11.2 Å². The number of anilines is 1. The molecule has 162 valence electrons. The Balaban J connectivity index is 1.62. The summed E-state index contributed by atoms with van der Waals surface area (Å²) in [5.74, 6) is -0.131. The van der Waals surface area contributed by atoms with Crippen LogP contribution in [0.25, 0.3) is 22.5 Å². The minimum Gasteiger partial charge on any atom is -0.332 e. The molecule has 1 aromatic heterocycles. The monoisotopic (exact) mass is 461 g/mol. The van der Waals surface area contributed by atoms with Crippen LogP contribution in [0.1, 0.15) is 18.1 Å². The molecule has 4 rings (SSSR count). The molecule has 0 spiro atoms. The van der Waals surface area contributed by atoms with Crippen molar-refractivity contribution in [3.8, 4) is 22.5 Å². The van der Waals surface area contributed by atoms with Gasteiger partial charge in [0, 0.05) is 11.1 Å². The molecule has 0 fully saturated rings. The number of carbonyl (C=O) groups excluding carboxylic acids is 1. The zero-order chi connectivity index (χ0) is 22.7. The van der Waals surface area contributed by atoms with Crippen molar-refractivity contribution in [2.45, 2.75) is 31.2 Å². The predicted molar refractivity (Wildman–Crippen MR) is 134 cm³/mol. The quantitative estimate of drug-likeness (QED) is 0.300. The number of nitrogens with one attached hydrogen (secondary N) is 2. The Bertz CT molecular complexity index is 1170. The van der Waals surface area contributed by atoms with Gasteiger partial charge in [0.05, 0.1) is 27.3 Å². The lowest BCUT2D eigenvalue weighted by Gasteiger charge is -2.11. The Hall–Kier alpha value is -3.02. The molecule has 4 aromatic rings. The van der Waals surface area contributed by atoms with Crippen LogP contribution in [0.15, 0.2) is 78.0 Å². The molecule has 32 heavy (non-hydrogen) atoms. The topological polar surface area (TPSA) is 57.8 Å². The van der Waals surface area contributed by atoms with Gasteiger partial charge in [-0.05, 0) is 32.9 Å². The van der Waals surface area contributed by atoms with Gasteiger partial charge in [-0.25, -0.2) is 4.98 Å². The van der Waals surface area contributed by atoms with Gasteiger partial charge in [0.25, 0.3) is 0 Å². The standard InChI is InChI=1S/C26H24ClN3OS/c1-16-8-12-19(13-9-16)23-24(20-14-10-17(2)11-15-20)30-26(29-23)32-18(3)25(31)28-22-7-5-4-6-21(22)27/h4-15,18H,1-3H3,(H,28,31)(H,29,30). The maximum absolute atomic E-state index is 12.7. The largest absolute Gasteiger partial charge is 0.332 e. The minimum absolute atomic E-state index is 0.131. The number of amides is 1. The average molecular weight is 462 g/mol. The second-order valence-corrected chi connectivity index (χ2v) is 9.46. The van der Waals surface area contributed by atoms with Gasteiger partial charge in [-0.15, -0.1) is 0 Å². The molecular formula is C26H24ClN3OS. The molecular weight excluding hydrogens is 438 g/mol. The third-order valence-corrected chi connectivity index (χ3v) is 6.45. The van der Waals surface area contributed by atoms with E-state index in [1.807, 2.05) is 19.1 Å². The molecule has 1 atom stereocenters. The summed E-state index contributed by atoms with van der Waals surface area (Å²) in [6.45, 7) is 5.99. The van der Waals surface area contributed by atoms with E-state index in [9.17, 15) is 4.79 Å². The Morgan fingerprint density at radius 3 is 2.16 bits per heavy atom. The number of aromatic nitrogens is 2. The van der Waals surface area contributed by atoms with Crippen molar-refractivity contribution < 1.29 is 4.79 Å². The molecule has 4 nitrogen and oxygen atoms in total. The summed E-state index contributed by atoms with van der Waals surface area (Å²) < 4.78 is 0. The van der Waals surface area contributed by atoms with Crippen LogP contribution in [0.3, 0.4) is 0 Å². The van der Waals surface area contributed by atoms with Crippen LogP contribution < -0.4 is 5.32 Å². The number of imidazole rings is 1. The fourth-order valence-electron chi connectivity index (χ4n) is 3.27. The molecule has 1 amide bonds. The first-order valence-electron chi connectivity index (χ1n) is 10.4. The number of nitrogens with zero attached hydrogens (tertiary/aromatic N) is 1. The van der Waals surface area contributed by atoms with Crippen LogP contribution >= 0.6 is 23.4 Å². The summed E-state index contributed by atoms with van der Waals surface area (Å²) in [5.41, 5.74) is 6.89. The van der Waals surface area contributed by atoms with E-state index in [1.54, 1.807) is 12.1 Å². The number of H-pyrrole nitrogens is 1. The molecule has 0 saturated carbocycles. The van der Waals surface area contributed by atoms with E-state index in [2.05, 4.69) is 72.7 Å². The summed E-state index contributed by atoms with van der Waals surface area (Å²) in [4.78, 5) is 21.0. The number of hydrogen-bond donors (Lipinski definition) is 2. The van der Waals surface area contributed by atoms with Gasteiger partial charge in [-0.1, -0.05) is 95.2 Å². The number of hydrogen-bond acceptors (Lipinski definition) is 3. The third-order valence-electron chi connectivity index (χ3n) is 5.14. The lowest BCUT2D eigenvalue weighted by atomic mass is 10.0. The fraction of sp³-hybridized carbons (Fsp3) is 0.154. The molecule has 0 aliphatic rings. The maximum atomic E-state index is 12.7. The molecule has 6 heteroatoms. The van der Waals surface area contributed by atoms with Gasteiger partial charge in [0.15, 0.2) is 5.16 Å². The molecule has 0 aliphatic heterocycles. The van der Waals surface area contributed by atoms with Gasteiger partial charge in [0.2, 0.25) is 5.91 Å².